The van der Waals surface area contributed by atoms with E-state index in [2.05, 4.69) is 41.7 Å². The number of ether oxygens (including phenoxy) is 1. The molecule has 0 saturated heterocycles. The first-order valence-corrected chi connectivity index (χ1v) is 8.28. The van der Waals surface area contributed by atoms with Gasteiger partial charge in [-0.2, -0.15) is 0 Å². The maximum atomic E-state index is 11.8. The van der Waals surface area contributed by atoms with Crippen LogP contribution in [0.4, 0.5) is 4.79 Å². The van der Waals surface area contributed by atoms with Gasteiger partial charge in [-0.1, -0.05) is 91.0 Å². The van der Waals surface area contributed by atoms with Gasteiger partial charge in [0.25, 0.3) is 0 Å². The van der Waals surface area contributed by atoms with E-state index in [1.165, 1.54) is 0 Å². The third-order valence-electron chi connectivity index (χ3n) is 4.42. The highest BCUT2D eigenvalue weighted by Crippen LogP contribution is 2.39. The fourth-order valence-electron chi connectivity index (χ4n) is 3.16. The largest absolute Gasteiger partial charge is 0.448 e. The Morgan fingerprint density at radius 2 is 1.12 bits per heavy atom. The maximum absolute atomic E-state index is 11.8. The van der Waals surface area contributed by atoms with Crippen molar-refractivity contribution in [1.82, 2.24) is 5.32 Å². The third-order valence-corrected chi connectivity index (χ3v) is 4.42. The molecule has 0 aliphatic heterocycles. The molecule has 0 aliphatic carbocycles. The van der Waals surface area contributed by atoms with Gasteiger partial charge in [-0.15, -0.1) is 12.4 Å². The summed E-state index contributed by atoms with van der Waals surface area (Å²) < 4.78 is 5.57. The molecule has 0 atom stereocenters. The van der Waals surface area contributed by atoms with Crippen LogP contribution in [-0.4, -0.2) is 19.7 Å². The molecule has 0 bridgehead atoms. The van der Waals surface area contributed by atoms with E-state index in [4.69, 9.17) is 4.74 Å². The summed E-state index contributed by atoms with van der Waals surface area (Å²) in [5, 5.41) is 2.53. The topological polar surface area (TPSA) is 38.3 Å². The van der Waals surface area contributed by atoms with Gasteiger partial charge in [0.2, 0.25) is 0 Å². The maximum Gasteiger partial charge on any atom is 0.406 e. The van der Waals surface area contributed by atoms with Crippen LogP contribution in [0.5, 0.6) is 0 Å². The molecule has 0 spiro atoms. The van der Waals surface area contributed by atoms with Crippen LogP contribution in [0.2, 0.25) is 0 Å². The highest BCUT2D eigenvalue weighted by atomic mass is 35.5. The summed E-state index contributed by atoms with van der Waals surface area (Å²) in [4.78, 5) is 11.8. The lowest BCUT2D eigenvalue weighted by Crippen LogP contribution is -2.37. The second kappa shape index (κ2) is 9.07. The van der Waals surface area contributed by atoms with Crippen molar-refractivity contribution in [3.05, 3.63) is 108 Å². The zero-order valence-electron chi connectivity index (χ0n) is 14.6. The average molecular weight is 368 g/mol. The minimum Gasteiger partial charge on any atom is -0.448 e. The Labute approximate surface area is 160 Å². The molecular weight excluding hydrogens is 346 g/mol. The van der Waals surface area contributed by atoms with Gasteiger partial charge >= 0.3 is 6.09 Å². The van der Waals surface area contributed by atoms with Crippen molar-refractivity contribution >= 4 is 18.5 Å². The fourth-order valence-corrected chi connectivity index (χ4v) is 3.16. The molecule has 0 heterocycles. The van der Waals surface area contributed by atoms with E-state index < -0.39 is 11.5 Å². The number of hydrogen-bond acceptors (Lipinski definition) is 2. The molecule has 0 radical (unpaired) electrons. The van der Waals surface area contributed by atoms with Crippen LogP contribution >= 0.6 is 12.4 Å². The molecule has 1 amide bonds. The lowest BCUT2D eigenvalue weighted by atomic mass is 9.70. The second-order valence-electron chi connectivity index (χ2n) is 5.83. The van der Waals surface area contributed by atoms with Crippen LogP contribution in [0.1, 0.15) is 16.7 Å². The number of benzene rings is 3. The number of amides is 1. The summed E-state index contributed by atoms with van der Waals surface area (Å²) in [6.07, 6.45) is -0.438. The molecule has 3 aromatic rings. The Morgan fingerprint density at radius 3 is 1.42 bits per heavy atom. The zero-order valence-corrected chi connectivity index (χ0v) is 15.4. The first kappa shape index (κ1) is 19.5. The fraction of sp³-hybridized carbons (Fsp3) is 0.136. The predicted molar refractivity (Wildman–Crippen MR) is 107 cm³/mol. The van der Waals surface area contributed by atoms with E-state index in [-0.39, 0.29) is 19.0 Å². The molecule has 134 valence electrons. The Hall–Kier alpha value is -2.78. The molecule has 0 unspecified atom stereocenters. The molecular formula is C22H22ClNO2. The monoisotopic (exact) mass is 367 g/mol. The predicted octanol–water partition coefficient (Wildman–Crippen LogP) is 4.80. The molecule has 0 aromatic heterocycles. The van der Waals surface area contributed by atoms with Gasteiger partial charge in [-0.3, -0.25) is 0 Å². The summed E-state index contributed by atoms with van der Waals surface area (Å²) in [6, 6.07) is 30.5. The summed E-state index contributed by atoms with van der Waals surface area (Å²) >= 11 is 0. The van der Waals surface area contributed by atoms with Crippen molar-refractivity contribution in [2.45, 2.75) is 5.41 Å². The van der Waals surface area contributed by atoms with Gasteiger partial charge in [-0.25, -0.2) is 4.79 Å². The Bertz CT molecular complexity index is 711. The Kier molecular flexibility index (Phi) is 6.81. The molecule has 0 aliphatic rings. The van der Waals surface area contributed by atoms with Gasteiger partial charge in [0.05, 0.1) is 5.41 Å². The van der Waals surface area contributed by atoms with E-state index >= 15 is 0 Å². The summed E-state index contributed by atoms with van der Waals surface area (Å²) in [5.74, 6) is 0. The summed E-state index contributed by atoms with van der Waals surface area (Å²) in [5.41, 5.74) is 2.67. The molecule has 1 N–H and O–H groups in total. The summed E-state index contributed by atoms with van der Waals surface area (Å²) in [6.45, 7) is 0.213. The minimum atomic E-state index is -0.573. The minimum absolute atomic E-state index is 0. The lowest BCUT2D eigenvalue weighted by Gasteiger charge is -2.35. The number of carbonyl (C=O) groups is 1. The first-order valence-electron chi connectivity index (χ1n) is 8.28. The SMILES string of the molecule is CNC(=O)OCC(c1ccccc1)(c1ccccc1)c1ccccc1.Cl. The van der Waals surface area contributed by atoms with Crippen LogP contribution in [0, 0.1) is 0 Å². The number of halogens is 1. The van der Waals surface area contributed by atoms with Gasteiger partial charge in [-0.05, 0) is 16.7 Å². The van der Waals surface area contributed by atoms with E-state index in [1.807, 2.05) is 54.6 Å². The van der Waals surface area contributed by atoms with Crippen LogP contribution < -0.4 is 5.32 Å². The van der Waals surface area contributed by atoms with Gasteiger partial charge < -0.3 is 10.1 Å². The summed E-state index contributed by atoms with van der Waals surface area (Å²) in [7, 11) is 1.57. The number of nitrogens with one attached hydrogen (secondary N) is 1. The number of hydrogen-bond donors (Lipinski definition) is 1. The molecule has 26 heavy (non-hydrogen) atoms. The first-order chi connectivity index (χ1) is 12.3. The van der Waals surface area contributed by atoms with Crippen LogP contribution in [0.3, 0.4) is 0 Å². The van der Waals surface area contributed by atoms with Crippen molar-refractivity contribution in [3.8, 4) is 0 Å². The molecule has 3 aromatic carbocycles. The molecule has 0 saturated carbocycles. The van der Waals surface area contributed by atoms with Crippen molar-refractivity contribution in [1.29, 1.82) is 0 Å². The molecule has 4 heteroatoms. The normalized spacial score (nSPS) is 10.5. The van der Waals surface area contributed by atoms with E-state index in [0.717, 1.165) is 16.7 Å². The van der Waals surface area contributed by atoms with Gasteiger partial charge in [0, 0.05) is 7.05 Å². The third kappa shape index (κ3) is 3.89. The van der Waals surface area contributed by atoms with E-state index in [1.54, 1.807) is 7.05 Å². The number of alkyl carbamates (subject to hydrolysis) is 1. The van der Waals surface area contributed by atoms with Crippen molar-refractivity contribution in [2.75, 3.05) is 13.7 Å². The van der Waals surface area contributed by atoms with Crippen molar-refractivity contribution in [2.24, 2.45) is 0 Å². The molecule has 0 fully saturated rings. The molecule has 3 rings (SSSR count). The zero-order chi connectivity index (χ0) is 17.5. The van der Waals surface area contributed by atoms with Crippen LogP contribution in [-0.2, 0) is 10.2 Å². The van der Waals surface area contributed by atoms with Gasteiger partial charge in [0.1, 0.15) is 6.61 Å². The van der Waals surface area contributed by atoms with Crippen molar-refractivity contribution in [3.63, 3.8) is 0 Å². The van der Waals surface area contributed by atoms with Gasteiger partial charge in [0.15, 0.2) is 0 Å². The average Bonchev–Trinajstić information content (AvgIpc) is 2.71. The van der Waals surface area contributed by atoms with E-state index in [0.29, 0.717) is 0 Å². The van der Waals surface area contributed by atoms with Crippen LogP contribution in [0.25, 0.3) is 0 Å². The Balaban J connectivity index is 0.00000243. The highest BCUT2D eigenvalue weighted by Gasteiger charge is 2.37. The van der Waals surface area contributed by atoms with Crippen LogP contribution in [0.15, 0.2) is 91.0 Å². The number of rotatable bonds is 5. The number of carbonyl (C=O) groups excluding carboxylic acids is 1. The molecule has 3 nitrogen and oxygen atoms in total. The lowest BCUT2D eigenvalue weighted by molar-refractivity contribution is 0.133. The smallest absolute Gasteiger partial charge is 0.406 e. The quantitative estimate of drug-likeness (QED) is 0.658. The second-order valence-corrected chi connectivity index (χ2v) is 5.83. The van der Waals surface area contributed by atoms with E-state index in [9.17, 15) is 4.79 Å². The highest BCUT2D eigenvalue weighted by molar-refractivity contribution is 5.85. The van der Waals surface area contributed by atoms with Crippen molar-refractivity contribution < 1.29 is 9.53 Å². The Morgan fingerprint density at radius 1 is 0.769 bits per heavy atom. The standard InChI is InChI=1S/C22H21NO2.ClH/c1-23-21(24)25-17-22(18-11-5-2-6-12-18,19-13-7-3-8-14-19)20-15-9-4-10-16-20;/h2-16H,17H2,1H3,(H,23,24);1H.